The van der Waals surface area contributed by atoms with Gasteiger partial charge in [-0.25, -0.2) is 0 Å². The molecule has 2 unspecified atom stereocenters. The van der Waals surface area contributed by atoms with E-state index in [4.69, 9.17) is 5.11 Å². The zero-order chi connectivity index (χ0) is 8.15. The molecule has 0 aliphatic carbocycles. The first kappa shape index (κ1) is 9.70. The summed E-state index contributed by atoms with van der Waals surface area (Å²) in [5, 5.41) is 9.08. The van der Waals surface area contributed by atoms with Crippen LogP contribution in [0.25, 0.3) is 0 Å². The highest BCUT2D eigenvalue weighted by atomic mass is 16.3. The molecule has 1 nitrogen and oxygen atoms in total. The first-order valence-electron chi connectivity index (χ1n) is 3.90. The van der Waals surface area contributed by atoms with Crippen LogP contribution in [0.2, 0.25) is 0 Å². The van der Waals surface area contributed by atoms with Crippen LogP contribution in [-0.2, 0) is 0 Å². The molecule has 0 amide bonds. The van der Waals surface area contributed by atoms with Crippen LogP contribution in [0.4, 0.5) is 0 Å². The summed E-state index contributed by atoms with van der Waals surface area (Å²) in [6.07, 6.45) is 3.96. The maximum Gasteiger partial charge on any atom is 0.0572 e. The molecular formula is C9H18O. The van der Waals surface area contributed by atoms with Crippen LogP contribution in [0.1, 0.15) is 27.7 Å². The van der Waals surface area contributed by atoms with Crippen LogP contribution in [0, 0.1) is 11.8 Å². The lowest BCUT2D eigenvalue weighted by atomic mass is 10.0. The summed E-state index contributed by atoms with van der Waals surface area (Å²) in [6.45, 7) is 8.09. The van der Waals surface area contributed by atoms with E-state index in [1.165, 1.54) is 0 Å². The summed E-state index contributed by atoms with van der Waals surface area (Å²) in [4.78, 5) is 0. The number of hydrogen-bond donors (Lipinski definition) is 1. The fourth-order valence-electron chi connectivity index (χ4n) is 0.558. The average Bonchev–Trinajstić information content (AvgIpc) is 1.82. The summed E-state index contributed by atoms with van der Waals surface area (Å²) in [5.41, 5.74) is 0. The summed E-state index contributed by atoms with van der Waals surface area (Å²) in [7, 11) is 0. The minimum Gasteiger partial charge on any atom is -0.393 e. The number of aliphatic hydroxyl groups excluding tert-OH is 1. The number of aliphatic hydroxyl groups is 1. The molecular weight excluding hydrogens is 124 g/mol. The van der Waals surface area contributed by atoms with E-state index in [0.717, 1.165) is 0 Å². The molecule has 0 saturated heterocycles. The predicted octanol–water partition coefficient (Wildman–Crippen LogP) is 2.22. The van der Waals surface area contributed by atoms with Crippen LogP contribution in [0.3, 0.4) is 0 Å². The third-order valence-corrected chi connectivity index (χ3v) is 1.56. The molecule has 0 fully saturated rings. The van der Waals surface area contributed by atoms with Gasteiger partial charge >= 0.3 is 0 Å². The van der Waals surface area contributed by atoms with Crippen molar-refractivity contribution in [1.29, 1.82) is 0 Å². The molecule has 1 N–H and O–H groups in total. The SMILES string of the molecule is CC(C)C=CC(C)C(C)O. The molecule has 0 aliphatic heterocycles. The van der Waals surface area contributed by atoms with E-state index < -0.39 is 0 Å². The smallest absolute Gasteiger partial charge is 0.0572 e. The van der Waals surface area contributed by atoms with Gasteiger partial charge in [0.2, 0.25) is 0 Å². The Hall–Kier alpha value is -0.300. The highest BCUT2D eigenvalue weighted by molar-refractivity contribution is 4.90. The van der Waals surface area contributed by atoms with E-state index in [1.54, 1.807) is 0 Å². The van der Waals surface area contributed by atoms with Crippen LogP contribution in [-0.4, -0.2) is 11.2 Å². The summed E-state index contributed by atoms with van der Waals surface area (Å²) in [6, 6.07) is 0. The molecule has 1 heteroatoms. The summed E-state index contributed by atoms with van der Waals surface area (Å²) < 4.78 is 0. The first-order valence-corrected chi connectivity index (χ1v) is 3.90. The van der Waals surface area contributed by atoms with Gasteiger partial charge in [-0.15, -0.1) is 0 Å². The molecule has 0 aliphatic rings. The second kappa shape index (κ2) is 4.51. The molecule has 0 aromatic rings. The van der Waals surface area contributed by atoms with E-state index in [0.29, 0.717) is 5.92 Å². The molecule has 0 rings (SSSR count). The fraction of sp³-hybridized carbons (Fsp3) is 0.778. The maximum atomic E-state index is 9.08. The molecule has 0 bridgehead atoms. The maximum absolute atomic E-state index is 9.08. The predicted molar refractivity (Wildman–Crippen MR) is 44.8 cm³/mol. The van der Waals surface area contributed by atoms with Gasteiger partial charge in [0.15, 0.2) is 0 Å². The van der Waals surface area contributed by atoms with E-state index in [2.05, 4.69) is 26.0 Å². The summed E-state index contributed by atoms with van der Waals surface area (Å²) in [5.74, 6) is 0.864. The van der Waals surface area contributed by atoms with Crippen LogP contribution < -0.4 is 0 Å². The Kier molecular flexibility index (Phi) is 4.37. The standard InChI is InChI=1S/C9H18O/c1-7(2)5-6-8(3)9(4)10/h5-10H,1-4H3. The lowest BCUT2D eigenvalue weighted by Crippen LogP contribution is -2.09. The van der Waals surface area contributed by atoms with E-state index in [9.17, 15) is 0 Å². The van der Waals surface area contributed by atoms with Crippen molar-refractivity contribution in [3.63, 3.8) is 0 Å². The molecule has 0 radical (unpaired) electrons. The largest absolute Gasteiger partial charge is 0.393 e. The van der Waals surface area contributed by atoms with Crippen LogP contribution in [0.15, 0.2) is 12.2 Å². The normalized spacial score (nSPS) is 18.2. The van der Waals surface area contributed by atoms with Crippen molar-refractivity contribution in [3.05, 3.63) is 12.2 Å². The zero-order valence-corrected chi connectivity index (χ0v) is 7.33. The van der Waals surface area contributed by atoms with Gasteiger partial charge in [-0.1, -0.05) is 32.9 Å². The van der Waals surface area contributed by atoms with Gasteiger partial charge in [0.1, 0.15) is 0 Å². The molecule has 0 aromatic carbocycles. The van der Waals surface area contributed by atoms with Gasteiger partial charge in [0.05, 0.1) is 6.10 Å². The quantitative estimate of drug-likeness (QED) is 0.599. The van der Waals surface area contributed by atoms with E-state index in [1.807, 2.05) is 13.8 Å². The van der Waals surface area contributed by atoms with Crippen molar-refractivity contribution < 1.29 is 5.11 Å². The molecule has 0 spiro atoms. The Morgan fingerprint density at radius 1 is 1.00 bits per heavy atom. The van der Waals surface area contributed by atoms with Gasteiger partial charge in [-0.3, -0.25) is 0 Å². The Labute approximate surface area is 63.8 Å². The number of rotatable bonds is 3. The Balaban J connectivity index is 3.66. The van der Waals surface area contributed by atoms with Gasteiger partial charge < -0.3 is 5.11 Å². The third-order valence-electron chi connectivity index (χ3n) is 1.56. The molecule has 0 saturated carbocycles. The molecule has 60 valence electrons. The molecule has 10 heavy (non-hydrogen) atoms. The Morgan fingerprint density at radius 3 is 1.80 bits per heavy atom. The highest BCUT2D eigenvalue weighted by Gasteiger charge is 2.02. The van der Waals surface area contributed by atoms with Crippen molar-refractivity contribution >= 4 is 0 Å². The second-order valence-electron chi connectivity index (χ2n) is 3.23. The minimum atomic E-state index is -0.227. The molecule has 2 atom stereocenters. The summed E-state index contributed by atoms with van der Waals surface area (Å²) >= 11 is 0. The van der Waals surface area contributed by atoms with Crippen molar-refractivity contribution in [3.8, 4) is 0 Å². The second-order valence-corrected chi connectivity index (χ2v) is 3.23. The van der Waals surface area contributed by atoms with Crippen molar-refractivity contribution in [2.24, 2.45) is 11.8 Å². The minimum absolute atomic E-state index is 0.227. The van der Waals surface area contributed by atoms with Gasteiger partial charge in [-0.05, 0) is 18.8 Å². The lowest BCUT2D eigenvalue weighted by molar-refractivity contribution is 0.157. The zero-order valence-electron chi connectivity index (χ0n) is 7.33. The van der Waals surface area contributed by atoms with Gasteiger partial charge in [0, 0.05) is 0 Å². The fourth-order valence-corrected chi connectivity index (χ4v) is 0.558. The van der Waals surface area contributed by atoms with Gasteiger partial charge in [0.25, 0.3) is 0 Å². The Morgan fingerprint density at radius 2 is 1.50 bits per heavy atom. The third kappa shape index (κ3) is 4.57. The van der Waals surface area contributed by atoms with Crippen molar-refractivity contribution in [2.75, 3.05) is 0 Å². The number of hydrogen-bond acceptors (Lipinski definition) is 1. The first-order chi connectivity index (χ1) is 4.54. The van der Waals surface area contributed by atoms with Gasteiger partial charge in [-0.2, -0.15) is 0 Å². The van der Waals surface area contributed by atoms with Crippen LogP contribution >= 0.6 is 0 Å². The average molecular weight is 142 g/mol. The van der Waals surface area contributed by atoms with E-state index >= 15 is 0 Å². The monoisotopic (exact) mass is 142 g/mol. The number of allylic oxidation sites excluding steroid dienone is 1. The van der Waals surface area contributed by atoms with E-state index in [-0.39, 0.29) is 12.0 Å². The lowest BCUT2D eigenvalue weighted by Gasteiger charge is -2.08. The molecule has 0 heterocycles. The molecule has 0 aromatic heterocycles. The van der Waals surface area contributed by atoms with Crippen molar-refractivity contribution in [1.82, 2.24) is 0 Å². The van der Waals surface area contributed by atoms with Crippen LogP contribution in [0.5, 0.6) is 0 Å². The highest BCUT2D eigenvalue weighted by Crippen LogP contribution is 2.05. The van der Waals surface area contributed by atoms with Crippen molar-refractivity contribution in [2.45, 2.75) is 33.8 Å². The Bertz CT molecular complexity index is 103. The topological polar surface area (TPSA) is 20.2 Å².